The summed E-state index contributed by atoms with van der Waals surface area (Å²) in [4.78, 5) is 83.5. The van der Waals surface area contributed by atoms with Gasteiger partial charge in [-0.15, -0.1) is 0 Å². The van der Waals surface area contributed by atoms with E-state index in [0.717, 1.165) is 0 Å². The SMILES string of the molecule is CCOC(=O)N1CCN(C(=O)[C@H](CCC(=O)O)NC(=O)c2cc(OCC(=O)N3CCNC(=O)CC3)c3ccccc3n2)CC1. The Morgan fingerprint density at radius 2 is 1.75 bits per heavy atom. The number of ether oxygens (including phenoxy) is 2. The predicted molar refractivity (Wildman–Crippen MR) is 155 cm³/mol. The number of carboxylic acids is 1. The fraction of sp³-hybridized carbons (Fsp3) is 0.483. The summed E-state index contributed by atoms with van der Waals surface area (Å²) in [6.45, 7) is 3.41. The highest BCUT2D eigenvalue weighted by Gasteiger charge is 2.31. The van der Waals surface area contributed by atoms with Gasteiger partial charge in [0, 0.05) is 70.1 Å². The molecule has 0 bridgehead atoms. The van der Waals surface area contributed by atoms with Gasteiger partial charge >= 0.3 is 12.1 Å². The lowest BCUT2D eigenvalue weighted by molar-refractivity contribution is -0.138. The number of nitrogens with zero attached hydrogens (tertiary/aromatic N) is 4. The third kappa shape index (κ3) is 8.33. The Morgan fingerprint density at radius 3 is 2.48 bits per heavy atom. The summed E-state index contributed by atoms with van der Waals surface area (Å²) in [5, 5.41) is 15.2. The lowest BCUT2D eigenvalue weighted by Gasteiger charge is -2.35. The fourth-order valence-corrected chi connectivity index (χ4v) is 4.93. The Labute approximate surface area is 253 Å². The van der Waals surface area contributed by atoms with Gasteiger partial charge in [0.25, 0.3) is 11.8 Å². The zero-order valence-corrected chi connectivity index (χ0v) is 24.5. The molecule has 2 aromatic rings. The van der Waals surface area contributed by atoms with Gasteiger partial charge in [0.05, 0.1) is 12.1 Å². The largest absolute Gasteiger partial charge is 0.483 e. The van der Waals surface area contributed by atoms with Crippen molar-refractivity contribution in [3.05, 3.63) is 36.0 Å². The summed E-state index contributed by atoms with van der Waals surface area (Å²) in [6.07, 6.45) is -0.803. The second-order valence-electron chi connectivity index (χ2n) is 10.3. The van der Waals surface area contributed by atoms with E-state index in [2.05, 4.69) is 15.6 Å². The summed E-state index contributed by atoms with van der Waals surface area (Å²) >= 11 is 0. The van der Waals surface area contributed by atoms with Crippen LogP contribution in [0.5, 0.6) is 5.75 Å². The second-order valence-corrected chi connectivity index (χ2v) is 10.3. The summed E-state index contributed by atoms with van der Waals surface area (Å²) in [5.41, 5.74) is 0.326. The van der Waals surface area contributed by atoms with E-state index in [9.17, 15) is 33.9 Å². The first-order valence-electron chi connectivity index (χ1n) is 14.5. The van der Waals surface area contributed by atoms with Gasteiger partial charge in [-0.05, 0) is 25.5 Å². The van der Waals surface area contributed by atoms with Crippen LogP contribution in [0, 0.1) is 0 Å². The fourth-order valence-electron chi connectivity index (χ4n) is 4.93. The number of aliphatic carboxylic acids is 1. The number of pyridine rings is 1. The first-order chi connectivity index (χ1) is 21.2. The molecule has 2 fully saturated rings. The van der Waals surface area contributed by atoms with Crippen LogP contribution < -0.4 is 15.4 Å². The normalized spacial score (nSPS) is 16.0. The van der Waals surface area contributed by atoms with Gasteiger partial charge in [-0.3, -0.25) is 24.0 Å². The quantitative estimate of drug-likeness (QED) is 0.335. The lowest BCUT2D eigenvalue weighted by Crippen LogP contribution is -2.56. The van der Waals surface area contributed by atoms with E-state index in [4.69, 9.17) is 9.47 Å². The molecule has 3 heterocycles. The molecule has 2 aliphatic rings. The maximum atomic E-state index is 13.4. The molecule has 44 heavy (non-hydrogen) atoms. The van der Waals surface area contributed by atoms with Crippen molar-refractivity contribution in [2.45, 2.75) is 32.2 Å². The van der Waals surface area contributed by atoms with Crippen molar-refractivity contribution in [2.24, 2.45) is 0 Å². The first kappa shape index (κ1) is 32.0. The number of piperazine rings is 1. The number of carbonyl (C=O) groups excluding carboxylic acids is 5. The topological polar surface area (TPSA) is 188 Å². The van der Waals surface area contributed by atoms with Crippen molar-refractivity contribution in [1.82, 2.24) is 30.3 Å². The van der Waals surface area contributed by atoms with E-state index in [-0.39, 0.29) is 88.5 Å². The van der Waals surface area contributed by atoms with Gasteiger partial charge in [-0.2, -0.15) is 0 Å². The van der Waals surface area contributed by atoms with Crippen LogP contribution in [0.2, 0.25) is 0 Å². The van der Waals surface area contributed by atoms with Gasteiger partial charge < -0.3 is 39.9 Å². The van der Waals surface area contributed by atoms with Crippen LogP contribution in [0.3, 0.4) is 0 Å². The van der Waals surface area contributed by atoms with Crippen LogP contribution in [0.25, 0.3) is 10.9 Å². The molecule has 0 radical (unpaired) electrons. The Bertz CT molecular complexity index is 1410. The minimum absolute atomic E-state index is 0.0871. The van der Waals surface area contributed by atoms with Crippen LogP contribution in [0.1, 0.15) is 36.7 Å². The number of carboxylic acid groups (broad SMARTS) is 1. The van der Waals surface area contributed by atoms with Gasteiger partial charge in [-0.1, -0.05) is 12.1 Å². The third-order valence-electron chi connectivity index (χ3n) is 7.30. The van der Waals surface area contributed by atoms with Crippen molar-refractivity contribution in [2.75, 3.05) is 59.0 Å². The molecule has 2 saturated heterocycles. The van der Waals surface area contributed by atoms with E-state index in [1.54, 1.807) is 31.2 Å². The Morgan fingerprint density at radius 1 is 1.02 bits per heavy atom. The minimum Gasteiger partial charge on any atom is -0.483 e. The number of rotatable bonds is 10. The van der Waals surface area contributed by atoms with Crippen LogP contribution in [-0.4, -0.2) is 126 Å². The Hall–Kier alpha value is -4.95. The summed E-state index contributed by atoms with van der Waals surface area (Å²) in [6, 6.07) is 7.09. The maximum Gasteiger partial charge on any atom is 0.409 e. The molecule has 1 aromatic carbocycles. The molecule has 0 spiro atoms. The molecule has 15 nitrogen and oxygen atoms in total. The molecule has 4 rings (SSSR count). The highest BCUT2D eigenvalue weighted by molar-refractivity contribution is 5.99. The number of nitrogens with one attached hydrogen (secondary N) is 2. The number of amides is 5. The minimum atomic E-state index is -1.16. The molecule has 1 aromatic heterocycles. The number of para-hydroxylation sites is 1. The van der Waals surface area contributed by atoms with Gasteiger partial charge in [0.2, 0.25) is 11.8 Å². The average molecular weight is 613 g/mol. The number of carbonyl (C=O) groups is 6. The number of hydrogen-bond donors (Lipinski definition) is 3. The maximum absolute atomic E-state index is 13.4. The number of hydrogen-bond acceptors (Lipinski definition) is 9. The molecule has 5 amide bonds. The predicted octanol–water partition coefficient (Wildman–Crippen LogP) is 0.226. The third-order valence-corrected chi connectivity index (χ3v) is 7.30. The van der Waals surface area contributed by atoms with E-state index in [1.165, 1.54) is 20.8 Å². The number of aromatic nitrogens is 1. The highest BCUT2D eigenvalue weighted by Crippen LogP contribution is 2.26. The molecular weight excluding hydrogens is 576 g/mol. The van der Waals surface area contributed by atoms with Gasteiger partial charge in [0.1, 0.15) is 17.5 Å². The van der Waals surface area contributed by atoms with Gasteiger partial charge in [-0.25, -0.2) is 9.78 Å². The van der Waals surface area contributed by atoms with Crippen LogP contribution >= 0.6 is 0 Å². The van der Waals surface area contributed by atoms with E-state index < -0.39 is 29.9 Å². The molecule has 0 saturated carbocycles. The zero-order chi connectivity index (χ0) is 31.6. The van der Waals surface area contributed by atoms with Crippen LogP contribution in [0.15, 0.2) is 30.3 Å². The molecule has 1 atom stereocenters. The molecule has 0 unspecified atom stereocenters. The summed E-state index contributed by atoms with van der Waals surface area (Å²) in [5.74, 6) is -2.55. The van der Waals surface area contributed by atoms with E-state index in [0.29, 0.717) is 24.0 Å². The molecule has 2 aliphatic heterocycles. The summed E-state index contributed by atoms with van der Waals surface area (Å²) < 4.78 is 10.9. The number of fused-ring (bicyclic) bond motifs is 1. The van der Waals surface area contributed by atoms with E-state index in [1.807, 2.05) is 0 Å². The van der Waals surface area contributed by atoms with Crippen molar-refractivity contribution >= 4 is 46.6 Å². The van der Waals surface area contributed by atoms with Crippen LogP contribution in [-0.2, 0) is 23.9 Å². The van der Waals surface area contributed by atoms with Crippen molar-refractivity contribution in [1.29, 1.82) is 0 Å². The lowest BCUT2D eigenvalue weighted by atomic mass is 10.1. The zero-order valence-electron chi connectivity index (χ0n) is 24.5. The second kappa shape index (κ2) is 15.0. The average Bonchev–Trinajstić information content (AvgIpc) is 3.25. The summed E-state index contributed by atoms with van der Waals surface area (Å²) in [7, 11) is 0. The first-order valence-corrected chi connectivity index (χ1v) is 14.5. The Kier molecular flexibility index (Phi) is 10.9. The standard InChI is InChI=1S/C29H36N6O9/c1-2-43-29(42)35-15-13-34(14-16-35)28(41)21(7-8-26(38)39)32-27(40)22-17-23(19-5-3-4-6-20(19)31-22)44-18-25(37)33-11-9-24(36)30-10-12-33/h3-6,17,21H,2,7-16,18H2,1H3,(H,30,36)(H,32,40)(H,38,39)/t21-/m0/s1. The monoisotopic (exact) mass is 612 g/mol. The van der Waals surface area contributed by atoms with Crippen LogP contribution in [0.4, 0.5) is 4.79 Å². The molecule has 0 aliphatic carbocycles. The Balaban J connectivity index is 1.48. The van der Waals surface area contributed by atoms with Crippen molar-refractivity contribution in [3.8, 4) is 5.75 Å². The molecule has 3 N–H and O–H groups in total. The molecule has 15 heteroatoms. The molecular formula is C29H36N6O9. The van der Waals surface area contributed by atoms with Crippen molar-refractivity contribution in [3.63, 3.8) is 0 Å². The highest BCUT2D eigenvalue weighted by atomic mass is 16.6. The van der Waals surface area contributed by atoms with E-state index >= 15 is 0 Å². The van der Waals surface area contributed by atoms with Gasteiger partial charge in [0.15, 0.2) is 6.61 Å². The number of benzene rings is 1. The molecule has 236 valence electrons. The smallest absolute Gasteiger partial charge is 0.409 e. The van der Waals surface area contributed by atoms with Crippen molar-refractivity contribution < 1.29 is 43.3 Å².